The Morgan fingerprint density at radius 2 is 1.23 bits per heavy atom. The van der Waals surface area contributed by atoms with Crippen LogP contribution in [0.3, 0.4) is 0 Å². The summed E-state index contributed by atoms with van der Waals surface area (Å²) in [6, 6.07) is 19.2. The van der Waals surface area contributed by atoms with Crippen LogP contribution in [-0.2, 0) is 12.8 Å². The molecule has 0 bridgehead atoms. The number of aliphatic hydroxyl groups is 2. The van der Waals surface area contributed by atoms with Gasteiger partial charge in [-0.15, -0.1) is 12.3 Å². The summed E-state index contributed by atoms with van der Waals surface area (Å²) in [6.07, 6.45) is 13.3. The molecule has 8 nitrogen and oxygen atoms in total. The van der Waals surface area contributed by atoms with Gasteiger partial charge in [-0.2, -0.15) is 0 Å². The van der Waals surface area contributed by atoms with E-state index in [0.29, 0.717) is 41.9 Å². The number of hydrogen-bond donors (Lipinski definition) is 2. The van der Waals surface area contributed by atoms with Crippen LogP contribution in [0.4, 0.5) is 0 Å². The average molecular weight is 704 g/mol. The molecule has 2 aromatic heterocycles. The van der Waals surface area contributed by atoms with Gasteiger partial charge in [-0.05, 0) is 76.3 Å². The topological polar surface area (TPSA) is 103 Å². The molecule has 0 aliphatic heterocycles. The first-order valence-electron chi connectivity index (χ1n) is 15.3. The van der Waals surface area contributed by atoms with Gasteiger partial charge in [0.15, 0.2) is 23.0 Å². The zero-order valence-electron chi connectivity index (χ0n) is 27.5. The Balaban J connectivity index is 0.000000290. The van der Waals surface area contributed by atoms with Crippen molar-refractivity contribution in [2.45, 2.75) is 52.4 Å². The lowest BCUT2D eigenvalue weighted by Gasteiger charge is -2.11. The molecule has 2 N–H and O–H groups in total. The van der Waals surface area contributed by atoms with E-state index in [0.717, 1.165) is 41.5 Å². The summed E-state index contributed by atoms with van der Waals surface area (Å²) in [5.41, 5.74) is 3.26. The number of aromatic nitrogens is 2. The van der Waals surface area contributed by atoms with Crippen LogP contribution in [0.15, 0.2) is 77.5 Å². The van der Waals surface area contributed by atoms with E-state index < -0.39 is 0 Å². The fraction of sp³-hybridized carbons (Fsp3) is 0.316. The highest BCUT2D eigenvalue weighted by Crippen LogP contribution is 2.33. The first-order valence-corrected chi connectivity index (χ1v) is 16.1. The third-order valence-corrected chi connectivity index (χ3v) is 6.59. The van der Waals surface area contributed by atoms with Crippen LogP contribution >= 0.6 is 15.9 Å². The van der Waals surface area contributed by atoms with Gasteiger partial charge in [-0.3, -0.25) is 0 Å². The third kappa shape index (κ3) is 14.6. The molecule has 9 heteroatoms. The summed E-state index contributed by atoms with van der Waals surface area (Å²) in [5.74, 6) is 11.8. The van der Waals surface area contributed by atoms with E-state index >= 15 is 0 Å². The van der Waals surface area contributed by atoms with E-state index in [9.17, 15) is 0 Å². The minimum absolute atomic E-state index is 0.0649. The van der Waals surface area contributed by atoms with Crippen molar-refractivity contribution in [2.24, 2.45) is 0 Å². The molecule has 248 valence electrons. The third-order valence-electron chi connectivity index (χ3n) is 6.12. The molecule has 0 radical (unpaired) electrons. The zero-order chi connectivity index (χ0) is 34.3. The van der Waals surface area contributed by atoms with Crippen molar-refractivity contribution < 1.29 is 29.2 Å². The van der Waals surface area contributed by atoms with Gasteiger partial charge in [0.25, 0.3) is 0 Å². The van der Waals surface area contributed by atoms with E-state index in [-0.39, 0.29) is 13.2 Å². The Kier molecular flexibility index (Phi) is 18.8. The van der Waals surface area contributed by atoms with Crippen molar-refractivity contribution in [3.8, 4) is 58.9 Å². The van der Waals surface area contributed by atoms with Crippen LogP contribution in [0.1, 0.15) is 56.2 Å². The summed E-state index contributed by atoms with van der Waals surface area (Å²) in [6.45, 7) is 4.47. The molecule has 0 saturated heterocycles. The average Bonchev–Trinajstić information content (AvgIpc) is 3.09. The Hall–Kier alpha value is -4.54. The van der Waals surface area contributed by atoms with Gasteiger partial charge in [0, 0.05) is 47.4 Å². The van der Waals surface area contributed by atoms with E-state index in [1.165, 1.54) is 11.1 Å². The Bertz CT molecular complexity index is 1580. The minimum atomic E-state index is 0.0649. The van der Waals surface area contributed by atoms with E-state index in [2.05, 4.69) is 63.6 Å². The number of nitrogens with zero attached hydrogens (tertiary/aromatic N) is 2. The molecule has 0 spiro atoms. The second-order valence-corrected chi connectivity index (χ2v) is 10.7. The number of aliphatic hydroxyl groups excluding tert-OH is 2. The first-order chi connectivity index (χ1) is 22.9. The number of rotatable bonds is 12. The maximum absolute atomic E-state index is 8.71. The fourth-order valence-corrected chi connectivity index (χ4v) is 4.16. The Morgan fingerprint density at radius 1 is 0.702 bits per heavy atom. The van der Waals surface area contributed by atoms with Crippen LogP contribution in [0.2, 0.25) is 0 Å². The number of hydrogen-bond acceptors (Lipinski definition) is 8. The number of terminal acetylenes is 1. The quantitative estimate of drug-likeness (QED) is 0.143. The molecular weight excluding hydrogens is 660 g/mol. The molecule has 0 amide bonds. The monoisotopic (exact) mass is 702 g/mol. The highest BCUT2D eigenvalue weighted by molar-refractivity contribution is 9.10. The number of pyridine rings is 2. The molecule has 0 aliphatic carbocycles. The molecular formula is C38H43BrN2O6. The molecule has 47 heavy (non-hydrogen) atoms. The van der Waals surface area contributed by atoms with Crippen LogP contribution in [-0.4, -0.2) is 47.6 Å². The number of ether oxygens (including phenoxy) is 4. The molecule has 0 aliphatic rings. The summed E-state index contributed by atoms with van der Waals surface area (Å²) in [7, 11) is 3.28. The number of methoxy groups -OCH3 is 2. The summed E-state index contributed by atoms with van der Waals surface area (Å²) < 4.78 is 23.2. The smallest absolute Gasteiger partial charge is 0.219 e. The molecule has 0 fully saturated rings. The van der Waals surface area contributed by atoms with Gasteiger partial charge in [0.05, 0.1) is 27.4 Å². The highest BCUT2D eigenvalue weighted by Gasteiger charge is 2.09. The standard InChI is InChI=1S/C19H21NO3.C15H16BrNO2.C4H6O/c1-3-6-15-8-10-17(18(13-15)22-2)23-19-11-9-16(14-20-19)7-4-5-12-21;1-3-4-11-5-7-13(14(9-11)18-2)19-15-8-6-12(16)10-17-15;1-2-3-4-5/h8-11,13-14,21H,3,5-6,12H2,1-2H3;5-10H,3-4H2,1-2H3;1,5H,3-4H2. The predicted molar refractivity (Wildman–Crippen MR) is 189 cm³/mol. The van der Waals surface area contributed by atoms with Crippen LogP contribution < -0.4 is 18.9 Å². The van der Waals surface area contributed by atoms with Gasteiger partial charge >= 0.3 is 0 Å². The van der Waals surface area contributed by atoms with Crippen LogP contribution in [0, 0.1) is 24.2 Å². The summed E-state index contributed by atoms with van der Waals surface area (Å²) in [4.78, 5) is 8.43. The number of aryl methyl sites for hydroxylation is 2. The SMILES string of the molecule is C#CCCO.CCCc1ccc(Oc2ccc(Br)cn2)c(OC)c1.CCCc1ccc(Oc2ccc(C#CCCO)cn2)c(OC)c1. The predicted octanol–water partition coefficient (Wildman–Crippen LogP) is 8.17. The lowest BCUT2D eigenvalue weighted by molar-refractivity contribution is 0.304. The Labute approximate surface area is 287 Å². The van der Waals surface area contributed by atoms with Crippen molar-refractivity contribution in [3.63, 3.8) is 0 Å². The summed E-state index contributed by atoms with van der Waals surface area (Å²) in [5, 5.41) is 16.6. The highest BCUT2D eigenvalue weighted by atomic mass is 79.9. The zero-order valence-corrected chi connectivity index (χ0v) is 29.0. The molecule has 4 rings (SSSR count). The lowest BCUT2D eigenvalue weighted by Crippen LogP contribution is -1.94. The van der Waals surface area contributed by atoms with Gasteiger partial charge in [-0.1, -0.05) is 50.7 Å². The normalized spacial score (nSPS) is 9.66. The molecule has 0 atom stereocenters. The van der Waals surface area contributed by atoms with E-state index in [1.807, 2.05) is 48.5 Å². The first kappa shape index (κ1) is 38.6. The van der Waals surface area contributed by atoms with Crippen LogP contribution in [0.25, 0.3) is 0 Å². The second kappa shape index (κ2) is 22.9. The Morgan fingerprint density at radius 3 is 1.62 bits per heavy atom. The molecule has 2 heterocycles. The van der Waals surface area contributed by atoms with Crippen LogP contribution in [0.5, 0.6) is 34.8 Å². The van der Waals surface area contributed by atoms with Gasteiger partial charge in [0.2, 0.25) is 11.8 Å². The van der Waals surface area contributed by atoms with Gasteiger partial charge < -0.3 is 29.2 Å². The maximum Gasteiger partial charge on any atom is 0.219 e. The van der Waals surface area contributed by atoms with Gasteiger partial charge in [-0.25, -0.2) is 9.97 Å². The molecule has 2 aromatic carbocycles. The maximum atomic E-state index is 8.71. The number of halogens is 1. The lowest BCUT2D eigenvalue weighted by atomic mass is 10.1. The number of benzene rings is 2. The van der Waals surface area contributed by atoms with E-state index in [1.54, 1.807) is 32.7 Å². The largest absolute Gasteiger partial charge is 0.493 e. The van der Waals surface area contributed by atoms with Crippen molar-refractivity contribution in [1.29, 1.82) is 0 Å². The minimum Gasteiger partial charge on any atom is -0.493 e. The van der Waals surface area contributed by atoms with Crippen molar-refractivity contribution in [2.75, 3.05) is 27.4 Å². The van der Waals surface area contributed by atoms with E-state index in [4.69, 9.17) is 35.6 Å². The summed E-state index contributed by atoms with van der Waals surface area (Å²) >= 11 is 3.34. The second-order valence-electron chi connectivity index (χ2n) is 9.83. The van der Waals surface area contributed by atoms with Crippen molar-refractivity contribution in [1.82, 2.24) is 9.97 Å². The fourth-order valence-electron chi connectivity index (χ4n) is 3.93. The molecule has 4 aromatic rings. The molecule has 0 unspecified atom stereocenters. The molecule has 0 saturated carbocycles. The van der Waals surface area contributed by atoms with Gasteiger partial charge in [0.1, 0.15) is 0 Å². The van der Waals surface area contributed by atoms with Crippen molar-refractivity contribution >= 4 is 15.9 Å². The van der Waals surface area contributed by atoms with Crippen molar-refractivity contribution in [3.05, 3.63) is 94.2 Å².